The van der Waals surface area contributed by atoms with Crippen LogP contribution >= 0.6 is 11.6 Å². The fraction of sp³-hybridized carbons (Fsp3) is 1.00. The highest BCUT2D eigenvalue weighted by Gasteiger charge is 2.30. The van der Waals surface area contributed by atoms with Gasteiger partial charge in [-0.05, 0) is 18.3 Å². The predicted octanol–water partition coefficient (Wildman–Crippen LogP) is 3.84. The molecule has 12 heavy (non-hydrogen) atoms. The van der Waals surface area contributed by atoms with E-state index in [9.17, 15) is 13.2 Å². The molecule has 2 unspecified atom stereocenters. The lowest BCUT2D eigenvalue weighted by atomic mass is 9.96. The van der Waals surface area contributed by atoms with Crippen molar-refractivity contribution in [2.75, 3.05) is 5.88 Å². The number of hydrogen-bond donors (Lipinski definition) is 0. The van der Waals surface area contributed by atoms with Crippen LogP contribution in [0.1, 0.15) is 26.7 Å². The molecule has 0 radical (unpaired) electrons. The molecular formula is C8H14ClF3. The Morgan fingerprint density at radius 3 is 2.00 bits per heavy atom. The Balaban J connectivity index is 3.66. The molecule has 2 atom stereocenters. The smallest absolute Gasteiger partial charge is 0.171 e. The summed E-state index contributed by atoms with van der Waals surface area (Å²) in [5.74, 6) is 0.283. The molecular weight excluding hydrogens is 189 g/mol. The molecule has 0 aromatic carbocycles. The first kappa shape index (κ1) is 12.1. The Morgan fingerprint density at radius 1 is 1.17 bits per heavy atom. The van der Waals surface area contributed by atoms with Crippen LogP contribution in [0.15, 0.2) is 0 Å². The van der Waals surface area contributed by atoms with E-state index in [4.69, 9.17) is 11.6 Å². The summed E-state index contributed by atoms with van der Waals surface area (Å²) >= 11 is 5.49. The van der Waals surface area contributed by atoms with E-state index in [1.165, 1.54) is 0 Å². The van der Waals surface area contributed by atoms with Crippen LogP contribution in [0, 0.1) is 11.8 Å². The van der Waals surface area contributed by atoms with E-state index in [1.807, 2.05) is 6.92 Å². The zero-order chi connectivity index (χ0) is 9.78. The van der Waals surface area contributed by atoms with E-state index in [0.717, 1.165) is 0 Å². The van der Waals surface area contributed by atoms with Crippen LogP contribution in [-0.2, 0) is 0 Å². The molecule has 74 valence electrons. The monoisotopic (exact) mass is 202 g/mol. The minimum Gasteiger partial charge on any atom is -0.171 e. The predicted molar refractivity (Wildman–Crippen MR) is 44.3 cm³/mol. The van der Waals surface area contributed by atoms with Crippen LogP contribution in [0.25, 0.3) is 0 Å². The van der Waals surface area contributed by atoms with Gasteiger partial charge in [-0.1, -0.05) is 13.8 Å². The fourth-order valence-electron chi connectivity index (χ4n) is 1.23. The van der Waals surface area contributed by atoms with Crippen molar-refractivity contribution in [2.24, 2.45) is 11.8 Å². The summed E-state index contributed by atoms with van der Waals surface area (Å²) in [6, 6.07) is 0. The van der Waals surface area contributed by atoms with E-state index < -0.39 is 12.6 Å². The molecule has 0 amide bonds. The Kier molecular flexibility index (Phi) is 4.98. The maximum absolute atomic E-state index is 11.8. The molecule has 0 aliphatic carbocycles. The van der Waals surface area contributed by atoms with Crippen molar-refractivity contribution in [3.8, 4) is 0 Å². The second kappa shape index (κ2) is 4.95. The van der Waals surface area contributed by atoms with Crippen LogP contribution in [0.2, 0.25) is 0 Å². The Hall–Kier alpha value is 0.0800. The second-order valence-corrected chi connectivity index (χ2v) is 3.73. The van der Waals surface area contributed by atoms with Crippen molar-refractivity contribution in [3.63, 3.8) is 0 Å². The molecule has 0 saturated carbocycles. The van der Waals surface area contributed by atoms with Gasteiger partial charge in [0.05, 0.1) is 0 Å². The molecule has 0 aromatic heterocycles. The van der Waals surface area contributed by atoms with Gasteiger partial charge in [0.25, 0.3) is 0 Å². The van der Waals surface area contributed by atoms with Gasteiger partial charge in [0.2, 0.25) is 0 Å². The van der Waals surface area contributed by atoms with Crippen LogP contribution in [0.4, 0.5) is 13.2 Å². The van der Waals surface area contributed by atoms with E-state index in [0.29, 0.717) is 12.3 Å². The largest absolute Gasteiger partial charge is 0.389 e. The van der Waals surface area contributed by atoms with Gasteiger partial charge in [-0.2, -0.15) is 13.2 Å². The van der Waals surface area contributed by atoms with Crippen molar-refractivity contribution in [3.05, 3.63) is 0 Å². The lowest BCUT2D eigenvalue weighted by molar-refractivity contribution is -0.144. The molecule has 0 bridgehead atoms. The molecule has 0 rings (SSSR count). The van der Waals surface area contributed by atoms with Crippen molar-refractivity contribution in [1.29, 1.82) is 0 Å². The van der Waals surface area contributed by atoms with Crippen LogP contribution in [0.5, 0.6) is 0 Å². The summed E-state index contributed by atoms with van der Waals surface area (Å²) in [6.07, 6.45) is -4.19. The first-order valence-electron chi connectivity index (χ1n) is 3.98. The molecule has 0 aliphatic rings. The average molecular weight is 203 g/mol. The van der Waals surface area contributed by atoms with Gasteiger partial charge >= 0.3 is 6.18 Å². The normalized spacial score (nSPS) is 17.5. The first-order chi connectivity index (χ1) is 5.35. The van der Waals surface area contributed by atoms with Gasteiger partial charge in [0.15, 0.2) is 0 Å². The van der Waals surface area contributed by atoms with Crippen LogP contribution in [-0.4, -0.2) is 12.1 Å². The summed E-state index contributed by atoms with van der Waals surface area (Å²) in [6.45, 7) is 3.47. The highest BCUT2D eigenvalue weighted by atomic mass is 35.5. The molecule has 0 aliphatic heterocycles. The third-order valence-electron chi connectivity index (χ3n) is 1.65. The third kappa shape index (κ3) is 6.77. The Bertz CT molecular complexity index is 122. The van der Waals surface area contributed by atoms with E-state index in [-0.39, 0.29) is 11.8 Å². The van der Waals surface area contributed by atoms with Crippen molar-refractivity contribution >= 4 is 11.6 Å². The van der Waals surface area contributed by atoms with Crippen molar-refractivity contribution in [2.45, 2.75) is 32.9 Å². The van der Waals surface area contributed by atoms with Gasteiger partial charge in [0, 0.05) is 12.3 Å². The minimum absolute atomic E-state index is 0.170. The maximum atomic E-state index is 11.8. The lowest BCUT2D eigenvalue weighted by Gasteiger charge is -2.16. The minimum atomic E-state index is -4.04. The lowest BCUT2D eigenvalue weighted by Crippen LogP contribution is -2.15. The quantitative estimate of drug-likeness (QED) is 0.608. The van der Waals surface area contributed by atoms with Crippen LogP contribution < -0.4 is 0 Å². The number of halogens is 4. The molecule has 0 aromatic rings. The Morgan fingerprint density at radius 2 is 1.67 bits per heavy atom. The van der Waals surface area contributed by atoms with E-state index >= 15 is 0 Å². The summed E-state index contributed by atoms with van der Waals surface area (Å²) < 4.78 is 35.5. The van der Waals surface area contributed by atoms with E-state index in [2.05, 4.69) is 0 Å². The van der Waals surface area contributed by atoms with Crippen molar-refractivity contribution < 1.29 is 13.2 Å². The third-order valence-corrected chi connectivity index (χ3v) is 2.17. The first-order valence-corrected chi connectivity index (χ1v) is 4.51. The number of alkyl halides is 4. The SMILES string of the molecule is CC(CCl)CC(C)CC(F)(F)F. The summed E-state index contributed by atoms with van der Waals surface area (Å²) in [4.78, 5) is 0. The van der Waals surface area contributed by atoms with Crippen molar-refractivity contribution in [1.82, 2.24) is 0 Å². The molecule has 0 heterocycles. The fourth-order valence-corrected chi connectivity index (χ4v) is 1.35. The standard InChI is InChI=1S/C8H14ClF3/c1-6(3-7(2)5-9)4-8(10,11)12/h6-7H,3-5H2,1-2H3. The van der Waals surface area contributed by atoms with E-state index in [1.54, 1.807) is 6.92 Å². The topological polar surface area (TPSA) is 0 Å². The molecule has 0 nitrogen and oxygen atoms in total. The second-order valence-electron chi connectivity index (χ2n) is 3.42. The van der Waals surface area contributed by atoms with Gasteiger partial charge in [-0.3, -0.25) is 0 Å². The number of hydrogen-bond acceptors (Lipinski definition) is 0. The molecule has 0 spiro atoms. The molecule has 0 N–H and O–H groups in total. The average Bonchev–Trinajstić information content (AvgIpc) is 1.82. The molecule has 0 saturated heterocycles. The summed E-state index contributed by atoms with van der Waals surface area (Å²) in [5, 5.41) is 0. The van der Waals surface area contributed by atoms with Gasteiger partial charge < -0.3 is 0 Å². The zero-order valence-corrected chi connectivity index (χ0v) is 8.04. The highest BCUT2D eigenvalue weighted by molar-refractivity contribution is 6.18. The molecule has 4 heteroatoms. The summed E-state index contributed by atoms with van der Waals surface area (Å²) in [7, 11) is 0. The molecule has 0 fully saturated rings. The highest BCUT2D eigenvalue weighted by Crippen LogP contribution is 2.28. The van der Waals surface area contributed by atoms with Gasteiger partial charge in [-0.25, -0.2) is 0 Å². The maximum Gasteiger partial charge on any atom is 0.389 e. The zero-order valence-electron chi connectivity index (χ0n) is 7.29. The summed E-state index contributed by atoms with van der Waals surface area (Å²) in [5.41, 5.74) is 0. The van der Waals surface area contributed by atoms with Gasteiger partial charge in [0.1, 0.15) is 0 Å². The number of rotatable bonds is 4. The van der Waals surface area contributed by atoms with Crippen LogP contribution in [0.3, 0.4) is 0 Å². The Labute approximate surface area is 76.1 Å². The van der Waals surface area contributed by atoms with Gasteiger partial charge in [-0.15, -0.1) is 11.6 Å².